The Morgan fingerprint density at radius 1 is 0.438 bits per heavy atom. The normalized spacial score (nSPS) is 14.5. The molecule has 0 bridgehead atoms. The molecule has 7 aromatic carbocycles. The van der Waals surface area contributed by atoms with Gasteiger partial charge in [-0.25, -0.2) is 0 Å². The molecule has 11 rings (SSSR count). The Bertz CT molecular complexity index is 2700. The van der Waals surface area contributed by atoms with Gasteiger partial charge in [0, 0.05) is 21.9 Å². The van der Waals surface area contributed by atoms with Crippen LogP contribution in [0.1, 0.15) is 47.2 Å². The largest absolute Gasteiger partial charge is 0.309 e. The highest BCUT2D eigenvalue weighted by atomic mass is 15.0. The molecule has 48 heavy (non-hydrogen) atoms. The van der Waals surface area contributed by atoms with Crippen LogP contribution in [-0.4, -0.2) is 4.57 Å². The second-order valence-corrected chi connectivity index (χ2v) is 14.5. The summed E-state index contributed by atoms with van der Waals surface area (Å²) in [5.74, 6) is 0. The predicted octanol–water partition coefficient (Wildman–Crippen LogP) is 11.9. The van der Waals surface area contributed by atoms with Crippen molar-refractivity contribution >= 4 is 21.8 Å². The molecule has 0 N–H and O–H groups in total. The van der Waals surface area contributed by atoms with E-state index in [1.165, 1.54) is 105 Å². The van der Waals surface area contributed by atoms with E-state index in [4.69, 9.17) is 0 Å². The Balaban J connectivity index is 1.03. The third-order valence-electron chi connectivity index (χ3n) is 11.7. The summed E-state index contributed by atoms with van der Waals surface area (Å²) >= 11 is 0. The first-order chi connectivity index (χ1) is 23.5. The summed E-state index contributed by atoms with van der Waals surface area (Å²) in [6, 6.07) is 52.8. The molecule has 3 aliphatic rings. The van der Waals surface area contributed by atoms with Crippen LogP contribution >= 0.6 is 0 Å². The van der Waals surface area contributed by atoms with E-state index >= 15 is 0 Å². The molecule has 1 heteroatoms. The summed E-state index contributed by atoms with van der Waals surface area (Å²) in [4.78, 5) is 0. The molecule has 0 saturated carbocycles. The number of aromatic nitrogens is 1. The third kappa shape index (κ3) is 3.41. The lowest BCUT2D eigenvalue weighted by Crippen LogP contribution is -2.14. The van der Waals surface area contributed by atoms with Gasteiger partial charge in [0.2, 0.25) is 0 Å². The Morgan fingerprint density at radius 2 is 1.15 bits per heavy atom. The van der Waals surface area contributed by atoms with Crippen molar-refractivity contribution < 1.29 is 0 Å². The lowest BCUT2D eigenvalue weighted by atomic mass is 9.82. The number of benzene rings is 7. The summed E-state index contributed by atoms with van der Waals surface area (Å²) in [5.41, 5.74) is 23.3. The van der Waals surface area contributed by atoms with E-state index in [0.29, 0.717) is 0 Å². The molecular formula is C47H33N. The summed E-state index contributed by atoms with van der Waals surface area (Å²) in [5, 5.41) is 2.63. The van der Waals surface area contributed by atoms with Crippen molar-refractivity contribution in [3.8, 4) is 50.2 Å². The second-order valence-electron chi connectivity index (χ2n) is 14.5. The molecule has 0 fully saturated rings. The third-order valence-corrected chi connectivity index (χ3v) is 11.7. The molecule has 0 saturated heterocycles. The number of rotatable bonds is 2. The van der Waals surface area contributed by atoms with Crippen LogP contribution in [0.25, 0.3) is 72.0 Å². The Morgan fingerprint density at radius 3 is 2.06 bits per heavy atom. The number of hydrogen-bond donors (Lipinski definition) is 0. The van der Waals surface area contributed by atoms with Crippen molar-refractivity contribution in [3.05, 3.63) is 173 Å². The van der Waals surface area contributed by atoms with E-state index in [1.54, 1.807) is 0 Å². The minimum atomic E-state index is -0.0413. The van der Waals surface area contributed by atoms with E-state index in [0.717, 1.165) is 12.8 Å². The van der Waals surface area contributed by atoms with Crippen molar-refractivity contribution in [3.63, 3.8) is 0 Å². The van der Waals surface area contributed by atoms with Crippen LogP contribution in [-0.2, 0) is 18.3 Å². The van der Waals surface area contributed by atoms with Gasteiger partial charge in [0.1, 0.15) is 0 Å². The smallest absolute Gasteiger partial charge is 0.0544 e. The number of hydrogen-bond acceptors (Lipinski definition) is 0. The Kier molecular flexibility index (Phi) is 5.08. The topological polar surface area (TPSA) is 4.93 Å². The number of nitrogens with zero attached hydrogens (tertiary/aromatic N) is 1. The van der Waals surface area contributed by atoms with E-state index in [1.807, 2.05) is 0 Å². The van der Waals surface area contributed by atoms with Crippen LogP contribution in [0.3, 0.4) is 0 Å². The summed E-state index contributed by atoms with van der Waals surface area (Å²) in [7, 11) is 0. The maximum Gasteiger partial charge on any atom is 0.0544 e. The summed E-state index contributed by atoms with van der Waals surface area (Å²) < 4.78 is 2.50. The van der Waals surface area contributed by atoms with E-state index in [9.17, 15) is 0 Å². The second kappa shape index (κ2) is 9.24. The van der Waals surface area contributed by atoms with Gasteiger partial charge < -0.3 is 4.57 Å². The fraction of sp³-hybridized carbons (Fsp3) is 0.106. The standard InChI is InChI=1S/C47H33N/c1-47(2)43-16-7-5-12-38(43)41-26-42-39-13-6-8-17-45(39)48(46(42)27-44(41)47)32-19-21-36-31(24-32)23-30-22-29(18-20-35(30)36)34-14-9-15-37-33-11-4-3-10-28(33)25-40(34)37/h3-22,24,26-27H,23,25H2,1-2H3. The molecule has 0 unspecified atom stereocenters. The van der Waals surface area contributed by atoms with Gasteiger partial charge in [-0.1, -0.05) is 123 Å². The molecule has 0 atom stereocenters. The molecule has 3 aliphatic carbocycles. The highest BCUT2D eigenvalue weighted by Gasteiger charge is 2.36. The molecule has 0 amide bonds. The fourth-order valence-corrected chi connectivity index (χ4v) is 9.37. The highest BCUT2D eigenvalue weighted by molar-refractivity contribution is 6.11. The summed E-state index contributed by atoms with van der Waals surface area (Å²) in [6.07, 6.45) is 1.96. The lowest BCUT2D eigenvalue weighted by Gasteiger charge is -2.21. The van der Waals surface area contributed by atoms with Crippen LogP contribution in [0, 0.1) is 0 Å². The SMILES string of the molecule is CC1(C)c2ccccc2-c2cc3c4ccccc4n(-c4ccc5c(c4)Cc4cc(-c6cccc7c6Cc6ccccc6-7)ccc4-5)c3cc21. The molecule has 0 aliphatic heterocycles. The van der Waals surface area contributed by atoms with E-state index in [-0.39, 0.29) is 5.41 Å². The Hall–Kier alpha value is -5.66. The average molecular weight is 612 g/mol. The zero-order valence-corrected chi connectivity index (χ0v) is 27.1. The minimum absolute atomic E-state index is 0.0413. The van der Waals surface area contributed by atoms with Gasteiger partial charge in [0.05, 0.1) is 11.0 Å². The fourth-order valence-electron chi connectivity index (χ4n) is 9.37. The van der Waals surface area contributed by atoms with Crippen LogP contribution in [0.15, 0.2) is 140 Å². The van der Waals surface area contributed by atoms with Crippen molar-refractivity contribution in [1.82, 2.24) is 4.57 Å². The minimum Gasteiger partial charge on any atom is -0.309 e. The van der Waals surface area contributed by atoms with Crippen LogP contribution in [0.4, 0.5) is 0 Å². The first kappa shape index (κ1) is 26.4. The zero-order valence-electron chi connectivity index (χ0n) is 27.1. The van der Waals surface area contributed by atoms with Crippen molar-refractivity contribution in [1.29, 1.82) is 0 Å². The maximum absolute atomic E-state index is 2.50. The van der Waals surface area contributed by atoms with Gasteiger partial charge in [-0.05, 0) is 121 Å². The Labute approximate surface area is 280 Å². The van der Waals surface area contributed by atoms with Gasteiger partial charge in [-0.3, -0.25) is 0 Å². The van der Waals surface area contributed by atoms with E-state index in [2.05, 4.69) is 158 Å². The molecule has 8 aromatic rings. The molecule has 1 heterocycles. The zero-order chi connectivity index (χ0) is 31.7. The molecule has 1 aromatic heterocycles. The molecule has 226 valence electrons. The van der Waals surface area contributed by atoms with Gasteiger partial charge in [0.25, 0.3) is 0 Å². The van der Waals surface area contributed by atoms with Gasteiger partial charge in [-0.15, -0.1) is 0 Å². The first-order valence-electron chi connectivity index (χ1n) is 17.2. The van der Waals surface area contributed by atoms with Crippen LogP contribution in [0.5, 0.6) is 0 Å². The molecule has 1 nitrogen and oxygen atoms in total. The highest BCUT2D eigenvalue weighted by Crippen LogP contribution is 2.51. The quantitative estimate of drug-likeness (QED) is 0.183. The van der Waals surface area contributed by atoms with Gasteiger partial charge in [-0.2, -0.15) is 0 Å². The predicted molar refractivity (Wildman–Crippen MR) is 200 cm³/mol. The van der Waals surface area contributed by atoms with Crippen molar-refractivity contribution in [2.45, 2.75) is 32.1 Å². The average Bonchev–Trinajstić information content (AvgIpc) is 3.84. The lowest BCUT2D eigenvalue weighted by molar-refractivity contribution is 0.661. The molecular weight excluding hydrogens is 579 g/mol. The summed E-state index contributed by atoms with van der Waals surface area (Å²) in [6.45, 7) is 4.75. The number of para-hydroxylation sites is 1. The first-order valence-corrected chi connectivity index (χ1v) is 17.2. The monoisotopic (exact) mass is 611 g/mol. The van der Waals surface area contributed by atoms with Gasteiger partial charge in [0.15, 0.2) is 0 Å². The van der Waals surface area contributed by atoms with Gasteiger partial charge >= 0.3 is 0 Å². The van der Waals surface area contributed by atoms with Crippen molar-refractivity contribution in [2.75, 3.05) is 0 Å². The number of fused-ring (bicyclic) bond motifs is 12. The van der Waals surface area contributed by atoms with E-state index < -0.39 is 0 Å². The van der Waals surface area contributed by atoms with Crippen molar-refractivity contribution in [2.24, 2.45) is 0 Å². The van der Waals surface area contributed by atoms with Crippen LogP contribution < -0.4 is 0 Å². The molecule has 0 radical (unpaired) electrons. The van der Waals surface area contributed by atoms with Crippen LogP contribution in [0.2, 0.25) is 0 Å². The molecule has 0 spiro atoms. The maximum atomic E-state index is 2.50.